The summed E-state index contributed by atoms with van der Waals surface area (Å²) in [7, 11) is 0. The molecule has 210 valence electrons. The Morgan fingerprint density at radius 3 is 1.71 bits per heavy atom. The molecule has 0 aliphatic heterocycles. The van der Waals surface area contributed by atoms with Crippen molar-refractivity contribution in [1.29, 1.82) is 0 Å². The van der Waals surface area contributed by atoms with Gasteiger partial charge in [-0.2, -0.15) is 0 Å². The second-order valence-electron chi connectivity index (χ2n) is 10.8. The second kappa shape index (κ2) is 10.4. The molecular weight excluding hydrogens is 544 g/mol. The molecule has 0 saturated heterocycles. The van der Waals surface area contributed by atoms with Gasteiger partial charge < -0.3 is 4.42 Å². The predicted octanol–water partition coefficient (Wildman–Crippen LogP) is 12.6. The molecule has 8 aromatic carbocycles. The first-order valence-electron chi connectivity index (χ1n) is 20.0. The Balaban J connectivity index is 1.59. The van der Waals surface area contributed by atoms with Crippen molar-refractivity contribution in [1.82, 2.24) is 0 Å². The highest BCUT2D eigenvalue weighted by molar-refractivity contribution is 6.22. The van der Waals surface area contributed by atoms with E-state index in [1.807, 2.05) is 30.3 Å². The van der Waals surface area contributed by atoms with Crippen LogP contribution in [0, 0.1) is 0 Å². The molecule has 45 heavy (non-hydrogen) atoms. The summed E-state index contributed by atoms with van der Waals surface area (Å²) in [6, 6.07) is 25.2. The Labute approximate surface area is 277 Å². The summed E-state index contributed by atoms with van der Waals surface area (Å²) < 4.78 is 109. The molecule has 0 spiro atoms. The Kier molecular flexibility index (Phi) is 3.87. The Morgan fingerprint density at radius 2 is 0.956 bits per heavy atom. The first-order valence-corrected chi connectivity index (χ1v) is 14.5. The molecule has 1 nitrogen and oxygen atoms in total. The van der Waals surface area contributed by atoms with E-state index in [0.29, 0.717) is 33.2 Å². The van der Waals surface area contributed by atoms with Crippen molar-refractivity contribution in [3.05, 3.63) is 170 Å². The molecule has 0 atom stereocenters. The van der Waals surface area contributed by atoms with Crippen molar-refractivity contribution >= 4 is 43.5 Å². The van der Waals surface area contributed by atoms with E-state index in [0.717, 1.165) is 5.39 Å². The van der Waals surface area contributed by atoms with Gasteiger partial charge in [0.15, 0.2) is 0 Å². The van der Waals surface area contributed by atoms with Crippen LogP contribution in [0.3, 0.4) is 0 Å². The summed E-state index contributed by atoms with van der Waals surface area (Å²) in [6.45, 7) is 0. The average molecular weight is 584 g/mol. The molecule has 0 saturated carbocycles. The van der Waals surface area contributed by atoms with Gasteiger partial charge in [-0.1, -0.05) is 139 Å². The lowest BCUT2D eigenvalue weighted by Crippen LogP contribution is -1.92. The molecule has 1 heteroatoms. The molecule has 0 aliphatic rings. The minimum atomic E-state index is -0.590. The van der Waals surface area contributed by atoms with Gasteiger partial charge in [-0.15, -0.1) is 0 Å². The van der Waals surface area contributed by atoms with Crippen LogP contribution in [0.5, 0.6) is 0 Å². The standard InChI is InChI=1S/C44H28O/c1-3-12-29(13-4-1)31-16-11-17-33(26-31)44-37-20-8-7-19-36(37)43(38-24-22-32(27-40(38)44)30-14-5-2-6-15-30)34-23-25-42-39(28-34)35-18-9-10-21-41(35)45-42/h1-28H/i7D,8D,11D,16D,17D,19D,20D,22D,24D,26D,27D. The monoisotopic (exact) mass is 583 g/mol. The summed E-state index contributed by atoms with van der Waals surface area (Å²) in [5, 5.41) is 1.34. The van der Waals surface area contributed by atoms with Crippen LogP contribution in [0.1, 0.15) is 15.1 Å². The SMILES string of the molecule is [2H]c1c([2H])c(-c2ccccc2)c([2H])c(-c2c3c([2H])c([2H])c([2H])c([2H])c3c(-c3ccc4oc5ccccc5c4c3)c3c([2H])c([2H])c(-c4ccccc4)c([2H])c23)c1[2H]. The van der Waals surface area contributed by atoms with E-state index in [9.17, 15) is 9.60 Å². The molecule has 9 aromatic rings. The van der Waals surface area contributed by atoms with Gasteiger partial charge in [0.1, 0.15) is 11.2 Å². The highest BCUT2D eigenvalue weighted by atomic mass is 16.3. The van der Waals surface area contributed by atoms with E-state index >= 15 is 0 Å². The fourth-order valence-corrected chi connectivity index (χ4v) is 6.11. The average Bonchev–Trinajstić information content (AvgIpc) is 3.59. The highest BCUT2D eigenvalue weighted by Crippen LogP contribution is 2.46. The normalized spacial score (nSPS) is 15.0. The Bertz CT molecular complexity index is 3140. The number of furan rings is 1. The van der Waals surface area contributed by atoms with Gasteiger partial charge in [0.2, 0.25) is 0 Å². The lowest BCUT2D eigenvalue weighted by atomic mass is 9.84. The van der Waals surface area contributed by atoms with Gasteiger partial charge in [-0.05, 0) is 96.3 Å². The molecule has 0 unspecified atom stereocenters. The summed E-state index contributed by atoms with van der Waals surface area (Å²) in [4.78, 5) is 0. The third-order valence-electron chi connectivity index (χ3n) is 8.17. The molecule has 0 N–H and O–H groups in total. The molecular formula is C44H28O. The number of para-hydroxylation sites is 1. The van der Waals surface area contributed by atoms with Gasteiger partial charge in [0.05, 0.1) is 15.1 Å². The topological polar surface area (TPSA) is 13.1 Å². The molecule has 1 heterocycles. The Morgan fingerprint density at radius 1 is 0.356 bits per heavy atom. The van der Waals surface area contributed by atoms with E-state index in [4.69, 9.17) is 9.90 Å². The summed E-state index contributed by atoms with van der Waals surface area (Å²) >= 11 is 0. The first-order chi connectivity index (χ1) is 26.9. The smallest absolute Gasteiger partial charge is 0.135 e. The van der Waals surface area contributed by atoms with Crippen molar-refractivity contribution in [3.8, 4) is 44.5 Å². The molecule has 0 amide bonds. The lowest BCUT2D eigenvalue weighted by molar-refractivity contribution is 0.669. The number of fused-ring (bicyclic) bond motifs is 5. The molecule has 0 aliphatic carbocycles. The number of hydrogen-bond donors (Lipinski definition) is 0. The largest absolute Gasteiger partial charge is 0.456 e. The fraction of sp³-hybridized carbons (Fsp3) is 0. The second-order valence-corrected chi connectivity index (χ2v) is 10.8. The molecule has 0 fully saturated rings. The molecule has 0 bridgehead atoms. The van der Waals surface area contributed by atoms with Crippen molar-refractivity contribution < 1.29 is 19.5 Å². The van der Waals surface area contributed by atoms with Gasteiger partial charge in [-0.25, -0.2) is 0 Å². The maximum absolute atomic E-state index is 9.91. The quantitative estimate of drug-likeness (QED) is 0.188. The van der Waals surface area contributed by atoms with Crippen LogP contribution in [-0.4, -0.2) is 0 Å². The van der Waals surface area contributed by atoms with E-state index in [1.54, 1.807) is 72.8 Å². The zero-order valence-corrected chi connectivity index (χ0v) is 23.7. The van der Waals surface area contributed by atoms with E-state index in [2.05, 4.69) is 0 Å². The molecule has 0 radical (unpaired) electrons. The third-order valence-corrected chi connectivity index (χ3v) is 8.17. The first kappa shape index (κ1) is 16.8. The van der Waals surface area contributed by atoms with Gasteiger partial charge in [-0.3, -0.25) is 0 Å². The lowest BCUT2D eigenvalue weighted by Gasteiger charge is -2.19. The maximum atomic E-state index is 9.91. The van der Waals surface area contributed by atoms with E-state index < -0.39 is 36.3 Å². The van der Waals surface area contributed by atoms with Crippen LogP contribution >= 0.6 is 0 Å². The Hall–Kier alpha value is -5.92. The third kappa shape index (κ3) is 4.24. The van der Waals surface area contributed by atoms with Gasteiger partial charge in [0, 0.05) is 10.8 Å². The van der Waals surface area contributed by atoms with Crippen LogP contribution in [0.2, 0.25) is 0 Å². The number of benzene rings is 8. The van der Waals surface area contributed by atoms with Gasteiger partial charge >= 0.3 is 0 Å². The van der Waals surface area contributed by atoms with Crippen LogP contribution in [0.4, 0.5) is 0 Å². The van der Waals surface area contributed by atoms with Crippen molar-refractivity contribution in [2.45, 2.75) is 0 Å². The maximum Gasteiger partial charge on any atom is 0.135 e. The van der Waals surface area contributed by atoms with Crippen LogP contribution in [-0.2, 0) is 0 Å². The summed E-state index contributed by atoms with van der Waals surface area (Å²) in [5.74, 6) is 0. The van der Waals surface area contributed by atoms with Crippen molar-refractivity contribution in [2.24, 2.45) is 0 Å². The van der Waals surface area contributed by atoms with Crippen LogP contribution in [0.25, 0.3) is 88.0 Å². The fourth-order valence-electron chi connectivity index (χ4n) is 6.11. The zero-order valence-electron chi connectivity index (χ0n) is 34.7. The van der Waals surface area contributed by atoms with Crippen LogP contribution in [0.15, 0.2) is 174 Å². The van der Waals surface area contributed by atoms with Gasteiger partial charge in [0.25, 0.3) is 0 Å². The number of hydrogen-bond acceptors (Lipinski definition) is 1. The molecule has 9 rings (SSSR count). The summed E-state index contributed by atoms with van der Waals surface area (Å²) in [5.41, 5.74) is 2.45. The highest BCUT2D eigenvalue weighted by Gasteiger charge is 2.19. The number of rotatable bonds is 4. The predicted molar refractivity (Wildman–Crippen MR) is 190 cm³/mol. The zero-order chi connectivity index (χ0) is 39.3. The minimum Gasteiger partial charge on any atom is -0.456 e. The van der Waals surface area contributed by atoms with Crippen LogP contribution < -0.4 is 0 Å². The summed E-state index contributed by atoms with van der Waals surface area (Å²) in [6.07, 6.45) is 0. The van der Waals surface area contributed by atoms with Crippen molar-refractivity contribution in [2.75, 3.05) is 0 Å². The minimum absolute atomic E-state index is 0.0147. The van der Waals surface area contributed by atoms with E-state index in [-0.39, 0.29) is 79.6 Å². The van der Waals surface area contributed by atoms with Crippen molar-refractivity contribution in [3.63, 3.8) is 0 Å². The van der Waals surface area contributed by atoms with E-state index in [1.165, 1.54) is 0 Å². The molecule has 1 aromatic heterocycles.